The SMILES string of the molecule is NS(=O)(=O)NC1CCS(=O)CC1. The van der Waals surface area contributed by atoms with Gasteiger partial charge < -0.3 is 0 Å². The van der Waals surface area contributed by atoms with Crippen LogP contribution in [0.15, 0.2) is 0 Å². The molecular formula is C5H12N2O3S2. The number of hydrogen-bond acceptors (Lipinski definition) is 3. The number of nitrogens with two attached hydrogens (primary N) is 1. The van der Waals surface area contributed by atoms with Crippen LogP contribution in [0.2, 0.25) is 0 Å². The maximum absolute atomic E-state index is 10.9. The van der Waals surface area contributed by atoms with Crippen LogP contribution >= 0.6 is 0 Å². The lowest BCUT2D eigenvalue weighted by molar-refractivity contribution is 0.523. The molecule has 12 heavy (non-hydrogen) atoms. The molecule has 0 unspecified atom stereocenters. The first-order chi connectivity index (χ1) is 5.47. The molecule has 5 nitrogen and oxygen atoms in total. The van der Waals surface area contributed by atoms with E-state index in [1.165, 1.54) is 0 Å². The standard InChI is InChI=1S/C5H12N2O3S2/c6-12(9,10)7-5-1-3-11(8)4-2-5/h5,7H,1-4H2,(H2,6,9,10). The largest absolute Gasteiger partial charge is 0.274 e. The van der Waals surface area contributed by atoms with Crippen molar-refractivity contribution in [2.75, 3.05) is 11.5 Å². The van der Waals surface area contributed by atoms with Gasteiger partial charge in [0, 0.05) is 28.3 Å². The molecule has 3 N–H and O–H groups in total. The van der Waals surface area contributed by atoms with Gasteiger partial charge in [0.2, 0.25) is 0 Å². The molecule has 0 aliphatic carbocycles. The summed E-state index contributed by atoms with van der Waals surface area (Å²) < 4.78 is 34.3. The molecule has 1 saturated heterocycles. The molecule has 0 aromatic rings. The van der Waals surface area contributed by atoms with Crippen LogP contribution in [0.25, 0.3) is 0 Å². The van der Waals surface area contributed by atoms with E-state index < -0.39 is 21.0 Å². The third kappa shape index (κ3) is 3.61. The van der Waals surface area contributed by atoms with Crippen molar-refractivity contribution in [1.29, 1.82) is 0 Å². The minimum atomic E-state index is -3.59. The van der Waals surface area contributed by atoms with Gasteiger partial charge in [-0.3, -0.25) is 4.21 Å². The minimum Gasteiger partial charge on any atom is -0.260 e. The van der Waals surface area contributed by atoms with Crippen LogP contribution in [-0.4, -0.2) is 30.2 Å². The number of nitrogens with one attached hydrogen (secondary N) is 1. The van der Waals surface area contributed by atoms with Crippen LogP contribution < -0.4 is 9.86 Å². The average molecular weight is 212 g/mol. The van der Waals surface area contributed by atoms with Crippen molar-refractivity contribution >= 4 is 21.0 Å². The van der Waals surface area contributed by atoms with E-state index in [1.807, 2.05) is 0 Å². The monoisotopic (exact) mass is 212 g/mol. The zero-order chi connectivity index (χ0) is 9.19. The molecular weight excluding hydrogens is 200 g/mol. The van der Waals surface area contributed by atoms with Gasteiger partial charge in [-0.25, -0.2) is 5.14 Å². The molecule has 0 saturated carbocycles. The van der Waals surface area contributed by atoms with Gasteiger partial charge in [0.1, 0.15) is 0 Å². The van der Waals surface area contributed by atoms with Gasteiger partial charge in [-0.2, -0.15) is 13.1 Å². The molecule has 0 spiro atoms. The van der Waals surface area contributed by atoms with E-state index in [1.54, 1.807) is 0 Å². The summed E-state index contributed by atoms with van der Waals surface area (Å²) in [5.41, 5.74) is 0. The van der Waals surface area contributed by atoms with E-state index in [9.17, 15) is 12.6 Å². The molecule has 0 aromatic carbocycles. The Balaban J connectivity index is 2.41. The minimum absolute atomic E-state index is 0.127. The fraction of sp³-hybridized carbons (Fsp3) is 1.00. The van der Waals surface area contributed by atoms with Crippen molar-refractivity contribution in [3.8, 4) is 0 Å². The van der Waals surface area contributed by atoms with Crippen molar-refractivity contribution in [2.24, 2.45) is 5.14 Å². The highest BCUT2D eigenvalue weighted by Gasteiger charge is 2.20. The maximum atomic E-state index is 10.9. The van der Waals surface area contributed by atoms with E-state index in [-0.39, 0.29) is 6.04 Å². The molecule has 0 amide bonds. The summed E-state index contributed by atoms with van der Waals surface area (Å²) >= 11 is 0. The summed E-state index contributed by atoms with van der Waals surface area (Å²) in [6.45, 7) is 0. The Morgan fingerprint density at radius 3 is 2.25 bits per heavy atom. The third-order valence-electron chi connectivity index (χ3n) is 1.72. The Labute approximate surface area is 74.4 Å². The van der Waals surface area contributed by atoms with Crippen LogP contribution in [-0.2, 0) is 21.0 Å². The highest BCUT2D eigenvalue weighted by atomic mass is 32.2. The molecule has 0 bridgehead atoms. The van der Waals surface area contributed by atoms with E-state index in [0.717, 1.165) is 0 Å². The quantitative estimate of drug-likeness (QED) is 0.595. The number of hydrogen-bond donors (Lipinski definition) is 2. The summed E-state index contributed by atoms with van der Waals surface area (Å²) in [4.78, 5) is 0. The van der Waals surface area contributed by atoms with E-state index in [4.69, 9.17) is 5.14 Å². The van der Waals surface area contributed by atoms with Crippen LogP contribution in [0, 0.1) is 0 Å². The van der Waals surface area contributed by atoms with Crippen LogP contribution in [0.3, 0.4) is 0 Å². The molecule has 1 aliphatic rings. The topological polar surface area (TPSA) is 89.3 Å². The van der Waals surface area contributed by atoms with E-state index in [2.05, 4.69) is 4.72 Å². The molecule has 0 radical (unpaired) electrons. The highest BCUT2D eigenvalue weighted by Crippen LogP contribution is 2.09. The Hall–Kier alpha value is 0.0200. The van der Waals surface area contributed by atoms with Crippen LogP contribution in [0.4, 0.5) is 0 Å². The number of rotatable bonds is 2. The van der Waals surface area contributed by atoms with Crippen molar-refractivity contribution < 1.29 is 12.6 Å². The fourth-order valence-electron chi connectivity index (χ4n) is 1.14. The predicted octanol–water partition coefficient (Wildman–Crippen LogP) is -1.31. The van der Waals surface area contributed by atoms with Crippen molar-refractivity contribution in [1.82, 2.24) is 4.72 Å². The second kappa shape index (κ2) is 3.82. The summed E-state index contributed by atoms with van der Waals surface area (Å²) in [7, 11) is -4.36. The average Bonchev–Trinajstić information content (AvgIpc) is 1.91. The summed E-state index contributed by atoms with van der Waals surface area (Å²) in [6.07, 6.45) is 1.23. The van der Waals surface area contributed by atoms with Crippen LogP contribution in [0.1, 0.15) is 12.8 Å². The van der Waals surface area contributed by atoms with Crippen LogP contribution in [0.5, 0.6) is 0 Å². The summed E-state index contributed by atoms with van der Waals surface area (Å²) in [5.74, 6) is 1.13. The molecule has 1 rings (SSSR count). The second-order valence-corrected chi connectivity index (χ2v) is 5.81. The third-order valence-corrected chi connectivity index (χ3v) is 3.76. The van der Waals surface area contributed by atoms with Gasteiger partial charge in [-0.15, -0.1) is 0 Å². The molecule has 1 heterocycles. The van der Waals surface area contributed by atoms with Gasteiger partial charge >= 0.3 is 0 Å². The zero-order valence-electron chi connectivity index (χ0n) is 6.52. The van der Waals surface area contributed by atoms with Gasteiger partial charge in [0.15, 0.2) is 0 Å². The zero-order valence-corrected chi connectivity index (χ0v) is 8.16. The first-order valence-electron chi connectivity index (χ1n) is 3.62. The maximum Gasteiger partial charge on any atom is 0.274 e. The Bertz CT molecular complexity index is 264. The van der Waals surface area contributed by atoms with Gasteiger partial charge in [0.25, 0.3) is 10.2 Å². The van der Waals surface area contributed by atoms with Gasteiger partial charge in [-0.05, 0) is 12.8 Å². The van der Waals surface area contributed by atoms with Crippen molar-refractivity contribution in [3.63, 3.8) is 0 Å². The fourth-order valence-corrected chi connectivity index (χ4v) is 3.14. The Morgan fingerprint density at radius 2 is 1.83 bits per heavy atom. The smallest absolute Gasteiger partial charge is 0.260 e. The molecule has 7 heteroatoms. The molecule has 1 aliphatic heterocycles. The normalized spacial score (nSPS) is 31.8. The predicted molar refractivity (Wildman–Crippen MR) is 47.1 cm³/mol. The highest BCUT2D eigenvalue weighted by molar-refractivity contribution is 7.87. The molecule has 0 atom stereocenters. The van der Waals surface area contributed by atoms with Crippen molar-refractivity contribution in [2.45, 2.75) is 18.9 Å². The van der Waals surface area contributed by atoms with Gasteiger partial charge in [0.05, 0.1) is 0 Å². The molecule has 72 valence electrons. The Morgan fingerprint density at radius 1 is 1.33 bits per heavy atom. The summed E-state index contributed by atoms with van der Waals surface area (Å²) in [6, 6.07) is -0.127. The van der Waals surface area contributed by atoms with Gasteiger partial charge in [-0.1, -0.05) is 0 Å². The lowest BCUT2D eigenvalue weighted by Crippen LogP contribution is -2.42. The molecule has 1 fully saturated rings. The lowest BCUT2D eigenvalue weighted by Gasteiger charge is -2.20. The Kier molecular flexibility index (Phi) is 3.22. The molecule has 0 aromatic heterocycles. The van der Waals surface area contributed by atoms with Crippen molar-refractivity contribution in [3.05, 3.63) is 0 Å². The summed E-state index contributed by atoms with van der Waals surface area (Å²) in [5, 5.41) is 4.79. The first kappa shape index (κ1) is 10.1. The van der Waals surface area contributed by atoms with E-state index in [0.29, 0.717) is 24.3 Å². The van der Waals surface area contributed by atoms with E-state index >= 15 is 0 Å². The second-order valence-electron chi connectivity index (χ2n) is 2.79. The first-order valence-corrected chi connectivity index (χ1v) is 6.66. The lowest BCUT2D eigenvalue weighted by atomic mass is 10.2.